The number of aromatic nitrogens is 2. The summed E-state index contributed by atoms with van der Waals surface area (Å²) >= 11 is 7.63. The van der Waals surface area contributed by atoms with Crippen molar-refractivity contribution in [2.45, 2.75) is 27.3 Å². The summed E-state index contributed by atoms with van der Waals surface area (Å²) in [6, 6.07) is 7.84. The lowest BCUT2D eigenvalue weighted by Gasteiger charge is -2.09. The van der Waals surface area contributed by atoms with Crippen molar-refractivity contribution in [3.8, 4) is 0 Å². The van der Waals surface area contributed by atoms with Crippen molar-refractivity contribution in [1.82, 2.24) is 9.97 Å². The molecule has 5 heteroatoms. The van der Waals surface area contributed by atoms with E-state index in [0.29, 0.717) is 0 Å². The fraction of sp³-hybridized carbons (Fsp3) is 0.250. The summed E-state index contributed by atoms with van der Waals surface area (Å²) in [5, 5.41) is 5.32. The van der Waals surface area contributed by atoms with Gasteiger partial charge in [0.05, 0.1) is 5.39 Å². The van der Waals surface area contributed by atoms with E-state index in [2.05, 4.69) is 29.1 Å². The van der Waals surface area contributed by atoms with Gasteiger partial charge in [0.15, 0.2) is 0 Å². The quantitative estimate of drug-likeness (QED) is 0.748. The molecule has 3 nitrogen and oxygen atoms in total. The number of rotatable bonds is 3. The average Bonchev–Trinajstić information content (AvgIpc) is 2.73. The third-order valence-electron chi connectivity index (χ3n) is 3.51. The predicted molar refractivity (Wildman–Crippen MR) is 90.4 cm³/mol. The molecule has 0 aliphatic carbocycles. The van der Waals surface area contributed by atoms with Gasteiger partial charge in [-0.2, -0.15) is 0 Å². The third-order valence-corrected chi connectivity index (χ3v) is 4.87. The van der Waals surface area contributed by atoms with Crippen LogP contribution in [0.4, 0.5) is 5.82 Å². The van der Waals surface area contributed by atoms with Gasteiger partial charge in [0.1, 0.15) is 16.5 Å². The van der Waals surface area contributed by atoms with Crippen molar-refractivity contribution in [3.05, 3.63) is 51.1 Å². The van der Waals surface area contributed by atoms with Crippen LogP contribution in [0.2, 0.25) is 5.02 Å². The van der Waals surface area contributed by atoms with Gasteiger partial charge in [0, 0.05) is 16.4 Å². The van der Waals surface area contributed by atoms with Crippen LogP contribution in [0.5, 0.6) is 0 Å². The van der Waals surface area contributed by atoms with Crippen LogP contribution in [0.25, 0.3) is 10.2 Å². The fourth-order valence-electron chi connectivity index (χ4n) is 2.27. The minimum atomic E-state index is 0.719. The van der Waals surface area contributed by atoms with Crippen LogP contribution in [-0.2, 0) is 6.54 Å². The summed E-state index contributed by atoms with van der Waals surface area (Å²) in [7, 11) is 0. The highest BCUT2D eigenvalue weighted by molar-refractivity contribution is 7.18. The standard InChI is InChI=1S/C16H16ClN3S/c1-9-10(2)21-16-14(9)15(19-11(3)20-16)18-8-12-4-6-13(17)7-5-12/h4-7H,8H2,1-3H3,(H,18,19,20). The van der Waals surface area contributed by atoms with E-state index in [9.17, 15) is 0 Å². The molecule has 1 aromatic carbocycles. The number of halogens is 1. The molecule has 0 unspecified atom stereocenters. The van der Waals surface area contributed by atoms with E-state index < -0.39 is 0 Å². The molecule has 0 saturated carbocycles. The number of hydrogen-bond donors (Lipinski definition) is 1. The maximum atomic E-state index is 5.91. The number of anilines is 1. The molecule has 0 bridgehead atoms. The van der Waals surface area contributed by atoms with Crippen molar-refractivity contribution in [3.63, 3.8) is 0 Å². The van der Waals surface area contributed by atoms with Crippen LogP contribution >= 0.6 is 22.9 Å². The van der Waals surface area contributed by atoms with Crippen molar-refractivity contribution in [2.75, 3.05) is 5.32 Å². The van der Waals surface area contributed by atoms with Gasteiger partial charge in [-0.25, -0.2) is 9.97 Å². The highest BCUT2D eigenvalue weighted by Crippen LogP contribution is 2.33. The Kier molecular flexibility index (Phi) is 3.83. The Bertz CT molecular complexity index is 793. The van der Waals surface area contributed by atoms with E-state index in [1.54, 1.807) is 11.3 Å². The first kappa shape index (κ1) is 14.3. The molecule has 0 saturated heterocycles. The summed E-state index contributed by atoms with van der Waals surface area (Å²) in [5.41, 5.74) is 2.43. The van der Waals surface area contributed by atoms with Crippen LogP contribution in [0.3, 0.4) is 0 Å². The molecule has 3 rings (SSSR count). The molecule has 0 fully saturated rings. The van der Waals surface area contributed by atoms with Crippen molar-refractivity contribution in [2.24, 2.45) is 0 Å². The van der Waals surface area contributed by atoms with Gasteiger partial charge in [-0.15, -0.1) is 11.3 Å². The Morgan fingerprint density at radius 1 is 1.10 bits per heavy atom. The van der Waals surface area contributed by atoms with Crippen LogP contribution in [0.1, 0.15) is 21.8 Å². The number of benzene rings is 1. The summed E-state index contributed by atoms with van der Waals surface area (Å²) < 4.78 is 0. The maximum absolute atomic E-state index is 5.91. The van der Waals surface area contributed by atoms with Gasteiger partial charge in [-0.1, -0.05) is 23.7 Å². The molecule has 2 aromatic heterocycles. The zero-order valence-electron chi connectivity index (χ0n) is 12.2. The summed E-state index contributed by atoms with van der Waals surface area (Å²) in [4.78, 5) is 11.4. The molecule has 0 aliphatic rings. The minimum Gasteiger partial charge on any atom is -0.365 e. The molecule has 0 atom stereocenters. The van der Waals surface area contributed by atoms with E-state index >= 15 is 0 Å². The van der Waals surface area contributed by atoms with Gasteiger partial charge in [-0.3, -0.25) is 0 Å². The number of fused-ring (bicyclic) bond motifs is 1. The Hall–Kier alpha value is -1.65. The molecule has 108 valence electrons. The second-order valence-corrected chi connectivity index (χ2v) is 6.70. The molecule has 1 N–H and O–H groups in total. The fourth-order valence-corrected chi connectivity index (χ4v) is 3.47. The monoisotopic (exact) mass is 317 g/mol. The zero-order valence-corrected chi connectivity index (χ0v) is 13.8. The van der Waals surface area contributed by atoms with Crippen molar-refractivity contribution in [1.29, 1.82) is 0 Å². The lowest BCUT2D eigenvalue weighted by molar-refractivity contribution is 1.05. The second kappa shape index (κ2) is 5.62. The SMILES string of the molecule is Cc1nc(NCc2ccc(Cl)cc2)c2c(C)c(C)sc2n1. The average molecular weight is 318 g/mol. The first-order valence-electron chi connectivity index (χ1n) is 6.77. The Morgan fingerprint density at radius 3 is 2.52 bits per heavy atom. The van der Waals surface area contributed by atoms with E-state index in [1.807, 2.05) is 31.2 Å². The Balaban J connectivity index is 1.94. The lowest BCUT2D eigenvalue weighted by Crippen LogP contribution is -2.03. The molecule has 21 heavy (non-hydrogen) atoms. The molecular formula is C16H16ClN3S. The molecular weight excluding hydrogens is 302 g/mol. The van der Waals surface area contributed by atoms with Gasteiger partial charge in [0.2, 0.25) is 0 Å². The number of nitrogens with zero attached hydrogens (tertiary/aromatic N) is 2. The number of thiophene rings is 1. The molecule has 0 spiro atoms. The number of hydrogen-bond acceptors (Lipinski definition) is 4. The van der Waals surface area contributed by atoms with Crippen LogP contribution in [0, 0.1) is 20.8 Å². The largest absolute Gasteiger partial charge is 0.365 e. The lowest BCUT2D eigenvalue weighted by atomic mass is 10.2. The smallest absolute Gasteiger partial charge is 0.139 e. The maximum Gasteiger partial charge on any atom is 0.139 e. The summed E-state index contributed by atoms with van der Waals surface area (Å²) in [6.45, 7) is 6.90. The number of aryl methyl sites for hydroxylation is 3. The van der Waals surface area contributed by atoms with Crippen LogP contribution < -0.4 is 5.32 Å². The minimum absolute atomic E-state index is 0.719. The molecule has 0 amide bonds. The topological polar surface area (TPSA) is 37.8 Å². The van der Waals surface area contributed by atoms with Gasteiger partial charge in [0.25, 0.3) is 0 Å². The van der Waals surface area contributed by atoms with Gasteiger partial charge in [-0.05, 0) is 44.0 Å². The Labute approximate surface area is 133 Å². The van der Waals surface area contributed by atoms with E-state index in [0.717, 1.165) is 33.4 Å². The third kappa shape index (κ3) is 2.87. The first-order valence-corrected chi connectivity index (χ1v) is 7.96. The first-order chi connectivity index (χ1) is 10.0. The molecule has 0 radical (unpaired) electrons. The molecule has 2 heterocycles. The van der Waals surface area contributed by atoms with E-state index in [-0.39, 0.29) is 0 Å². The Morgan fingerprint density at radius 2 is 1.81 bits per heavy atom. The van der Waals surface area contributed by atoms with E-state index in [4.69, 9.17) is 11.6 Å². The number of nitrogens with one attached hydrogen (secondary N) is 1. The normalized spacial score (nSPS) is 11.0. The van der Waals surface area contributed by atoms with Gasteiger partial charge < -0.3 is 5.32 Å². The van der Waals surface area contributed by atoms with E-state index in [1.165, 1.54) is 16.0 Å². The van der Waals surface area contributed by atoms with Gasteiger partial charge >= 0.3 is 0 Å². The van der Waals surface area contributed by atoms with Crippen molar-refractivity contribution >= 4 is 39.0 Å². The molecule has 0 aliphatic heterocycles. The van der Waals surface area contributed by atoms with Crippen molar-refractivity contribution < 1.29 is 0 Å². The van der Waals surface area contributed by atoms with Crippen LogP contribution in [0.15, 0.2) is 24.3 Å². The summed E-state index contributed by atoms with van der Waals surface area (Å²) in [5.74, 6) is 1.71. The van der Waals surface area contributed by atoms with Crippen LogP contribution in [-0.4, -0.2) is 9.97 Å². The zero-order chi connectivity index (χ0) is 15.0. The molecule has 3 aromatic rings. The highest BCUT2D eigenvalue weighted by atomic mass is 35.5. The second-order valence-electron chi connectivity index (χ2n) is 5.06. The summed E-state index contributed by atoms with van der Waals surface area (Å²) in [6.07, 6.45) is 0. The highest BCUT2D eigenvalue weighted by Gasteiger charge is 2.13. The predicted octanol–water partition coefficient (Wildman–Crippen LogP) is 4.88.